The Morgan fingerprint density at radius 1 is 1.25 bits per heavy atom. The Bertz CT molecular complexity index is 222. The van der Waals surface area contributed by atoms with E-state index in [1.165, 1.54) is 0 Å². The number of Topliss-reactive ketones (excluding diaryl/α,β-unsaturated/α-hetero) is 1. The van der Waals surface area contributed by atoms with Gasteiger partial charge < -0.3 is 10.6 Å². The van der Waals surface area contributed by atoms with E-state index in [9.17, 15) is 9.59 Å². The highest BCUT2D eigenvalue weighted by atomic mass is 32.1. The number of rotatable bonds is 8. The molecule has 0 heterocycles. The van der Waals surface area contributed by atoms with Gasteiger partial charge in [0.05, 0.1) is 6.04 Å². The Kier molecular flexibility index (Phi) is 9.09. The highest BCUT2D eigenvalue weighted by Crippen LogP contribution is 1.95. The van der Waals surface area contributed by atoms with Gasteiger partial charge in [-0.1, -0.05) is 13.3 Å². The fraction of sp³-hybridized carbons (Fsp3) is 0.818. The van der Waals surface area contributed by atoms with Crippen LogP contribution in [-0.2, 0) is 4.79 Å². The largest absolute Gasteiger partial charge is 0.338 e. The van der Waals surface area contributed by atoms with Crippen LogP contribution in [0.3, 0.4) is 0 Å². The molecular formula is C11H22N2O2S. The molecule has 2 N–H and O–H groups in total. The number of hydrogen-bond donors (Lipinski definition) is 3. The number of unbranched alkanes of at least 4 members (excludes halogenated alkanes) is 2. The van der Waals surface area contributed by atoms with Crippen molar-refractivity contribution in [1.29, 1.82) is 0 Å². The van der Waals surface area contributed by atoms with Crippen LogP contribution < -0.4 is 10.6 Å². The number of carbonyl (C=O) groups excluding carboxylic acids is 2. The molecule has 0 aromatic carbocycles. The minimum Gasteiger partial charge on any atom is -0.338 e. The van der Waals surface area contributed by atoms with Crippen LogP contribution in [0.2, 0.25) is 0 Å². The molecule has 4 nitrogen and oxygen atoms in total. The third-order valence-corrected chi connectivity index (χ3v) is 2.62. The van der Waals surface area contributed by atoms with Crippen molar-refractivity contribution >= 4 is 24.4 Å². The van der Waals surface area contributed by atoms with E-state index in [2.05, 4.69) is 23.3 Å². The van der Waals surface area contributed by atoms with Gasteiger partial charge in [0.2, 0.25) is 0 Å². The summed E-state index contributed by atoms with van der Waals surface area (Å²) in [5, 5.41) is 5.33. The molecule has 0 aromatic heterocycles. The number of amides is 2. The molecule has 0 bridgehead atoms. The van der Waals surface area contributed by atoms with Gasteiger partial charge in [-0.25, -0.2) is 4.79 Å². The van der Waals surface area contributed by atoms with Gasteiger partial charge in [-0.3, -0.25) is 4.79 Å². The smallest absolute Gasteiger partial charge is 0.315 e. The van der Waals surface area contributed by atoms with Crippen LogP contribution >= 0.6 is 12.6 Å². The van der Waals surface area contributed by atoms with Gasteiger partial charge in [-0.05, 0) is 25.5 Å². The lowest BCUT2D eigenvalue weighted by molar-refractivity contribution is -0.120. The first-order chi connectivity index (χ1) is 7.61. The van der Waals surface area contributed by atoms with Gasteiger partial charge >= 0.3 is 6.03 Å². The van der Waals surface area contributed by atoms with E-state index < -0.39 is 6.04 Å². The van der Waals surface area contributed by atoms with E-state index in [0.717, 1.165) is 25.0 Å². The average molecular weight is 246 g/mol. The molecule has 0 aliphatic heterocycles. The first-order valence-corrected chi connectivity index (χ1v) is 6.43. The van der Waals surface area contributed by atoms with Crippen LogP contribution in [0.5, 0.6) is 0 Å². The summed E-state index contributed by atoms with van der Waals surface area (Å²) in [6, 6.07) is -0.664. The molecule has 2 amide bonds. The summed E-state index contributed by atoms with van der Waals surface area (Å²) in [5.74, 6) is 0.930. The molecule has 0 radical (unpaired) electrons. The number of urea groups is 1. The maximum absolute atomic E-state index is 11.3. The van der Waals surface area contributed by atoms with Crippen molar-refractivity contribution < 1.29 is 9.59 Å². The van der Waals surface area contributed by atoms with E-state index in [1.807, 2.05) is 0 Å². The van der Waals surface area contributed by atoms with Gasteiger partial charge in [-0.2, -0.15) is 12.6 Å². The Morgan fingerprint density at radius 2 is 1.94 bits per heavy atom. The maximum Gasteiger partial charge on any atom is 0.315 e. The van der Waals surface area contributed by atoms with Crippen molar-refractivity contribution in [3.63, 3.8) is 0 Å². The molecule has 0 spiro atoms. The van der Waals surface area contributed by atoms with Crippen molar-refractivity contribution in [2.45, 2.75) is 45.6 Å². The third kappa shape index (κ3) is 7.56. The fourth-order valence-corrected chi connectivity index (χ4v) is 1.47. The number of ketones is 1. The standard InChI is InChI=1S/C11H22N2O2S/c1-3-10(14)9(2)13-11(15)12-7-5-4-6-8-16/h9,16H,3-8H2,1-2H3,(H2,12,13,15)/t9-/m0/s1. The predicted octanol–water partition coefficient (Wildman–Crippen LogP) is 1.75. The van der Waals surface area contributed by atoms with Gasteiger partial charge in [0, 0.05) is 13.0 Å². The average Bonchev–Trinajstić information content (AvgIpc) is 2.27. The second kappa shape index (κ2) is 9.51. The highest BCUT2D eigenvalue weighted by molar-refractivity contribution is 7.80. The first-order valence-electron chi connectivity index (χ1n) is 5.79. The van der Waals surface area contributed by atoms with Crippen LogP contribution in [0.4, 0.5) is 4.79 Å². The van der Waals surface area contributed by atoms with Crippen LogP contribution in [0.15, 0.2) is 0 Å². The topological polar surface area (TPSA) is 58.2 Å². The van der Waals surface area contributed by atoms with E-state index >= 15 is 0 Å². The lowest BCUT2D eigenvalue weighted by Crippen LogP contribution is -2.44. The lowest BCUT2D eigenvalue weighted by Gasteiger charge is -2.12. The molecule has 0 saturated carbocycles. The summed E-state index contributed by atoms with van der Waals surface area (Å²) in [4.78, 5) is 22.5. The molecule has 1 atom stereocenters. The summed E-state index contributed by atoms with van der Waals surface area (Å²) in [6.07, 6.45) is 3.53. The third-order valence-electron chi connectivity index (χ3n) is 2.30. The second-order valence-electron chi connectivity index (χ2n) is 3.73. The van der Waals surface area contributed by atoms with Crippen LogP contribution in [0.1, 0.15) is 39.5 Å². The molecule has 0 unspecified atom stereocenters. The normalized spacial score (nSPS) is 11.9. The molecule has 0 aromatic rings. The molecule has 5 heteroatoms. The Hall–Kier alpha value is -0.710. The fourth-order valence-electron chi connectivity index (χ4n) is 1.25. The molecule has 0 aliphatic carbocycles. The van der Waals surface area contributed by atoms with Crippen molar-refractivity contribution in [3.8, 4) is 0 Å². The molecule has 16 heavy (non-hydrogen) atoms. The van der Waals surface area contributed by atoms with Gasteiger partial charge in [0.25, 0.3) is 0 Å². The van der Waals surface area contributed by atoms with Crippen LogP contribution in [0.25, 0.3) is 0 Å². The second-order valence-corrected chi connectivity index (χ2v) is 4.17. The van der Waals surface area contributed by atoms with Gasteiger partial charge in [0.15, 0.2) is 5.78 Å². The lowest BCUT2D eigenvalue weighted by atomic mass is 10.2. The first kappa shape index (κ1) is 15.3. The zero-order valence-electron chi connectivity index (χ0n) is 10.1. The summed E-state index contributed by atoms with van der Waals surface area (Å²) < 4.78 is 0. The Labute approximate surface area is 103 Å². The number of thiol groups is 1. The van der Waals surface area contributed by atoms with Gasteiger partial charge in [-0.15, -0.1) is 0 Å². The van der Waals surface area contributed by atoms with Crippen molar-refractivity contribution in [2.75, 3.05) is 12.3 Å². The van der Waals surface area contributed by atoms with Crippen molar-refractivity contribution in [2.24, 2.45) is 0 Å². The quantitative estimate of drug-likeness (QED) is 0.451. The number of carbonyl (C=O) groups is 2. The Balaban J connectivity index is 3.54. The van der Waals surface area contributed by atoms with Crippen molar-refractivity contribution in [3.05, 3.63) is 0 Å². The summed E-state index contributed by atoms with van der Waals surface area (Å²) in [6.45, 7) is 4.13. The monoisotopic (exact) mass is 246 g/mol. The minimum absolute atomic E-state index is 0.0465. The molecule has 0 rings (SSSR count). The molecular weight excluding hydrogens is 224 g/mol. The molecule has 0 saturated heterocycles. The maximum atomic E-state index is 11.3. The van der Waals surface area contributed by atoms with E-state index in [4.69, 9.17) is 0 Å². The van der Waals surface area contributed by atoms with Crippen LogP contribution in [-0.4, -0.2) is 30.2 Å². The van der Waals surface area contributed by atoms with Crippen molar-refractivity contribution in [1.82, 2.24) is 10.6 Å². The molecule has 0 fully saturated rings. The molecule has 94 valence electrons. The zero-order chi connectivity index (χ0) is 12.4. The minimum atomic E-state index is -0.401. The predicted molar refractivity (Wildman–Crippen MR) is 69.0 cm³/mol. The summed E-state index contributed by atoms with van der Waals surface area (Å²) in [5.41, 5.74) is 0. The SMILES string of the molecule is CCC(=O)[C@H](C)NC(=O)NCCCCCS. The van der Waals surface area contributed by atoms with Gasteiger partial charge in [0.1, 0.15) is 0 Å². The van der Waals surface area contributed by atoms with Crippen LogP contribution in [0, 0.1) is 0 Å². The summed E-state index contributed by atoms with van der Waals surface area (Å²) >= 11 is 4.10. The highest BCUT2D eigenvalue weighted by Gasteiger charge is 2.12. The zero-order valence-corrected chi connectivity index (χ0v) is 11.0. The number of hydrogen-bond acceptors (Lipinski definition) is 3. The Morgan fingerprint density at radius 3 is 2.50 bits per heavy atom. The summed E-state index contributed by atoms with van der Waals surface area (Å²) in [7, 11) is 0. The molecule has 0 aliphatic rings. The van der Waals surface area contributed by atoms with E-state index in [-0.39, 0.29) is 11.8 Å². The van der Waals surface area contributed by atoms with E-state index in [0.29, 0.717) is 13.0 Å². The van der Waals surface area contributed by atoms with E-state index in [1.54, 1.807) is 13.8 Å². The number of nitrogens with one attached hydrogen (secondary N) is 2.